The smallest absolute Gasteiger partial charge is 0.450 e. The lowest BCUT2D eigenvalue weighted by Gasteiger charge is -1.60. The molecule has 7 nitrogen and oxygen atoms in total. The van der Waals surface area contributed by atoms with Crippen LogP contribution in [0.25, 0.3) is 0 Å². The Morgan fingerprint density at radius 1 is 1.12 bits per heavy atom. The lowest BCUT2D eigenvalue weighted by molar-refractivity contribution is 0.137. The fourth-order valence-electron chi connectivity index (χ4n) is 0. The molecule has 0 bridgehead atoms. The predicted molar refractivity (Wildman–Crippen MR) is 26.7 cm³/mol. The van der Waals surface area contributed by atoms with Crippen LogP contribution in [0.4, 0.5) is 4.79 Å². The van der Waals surface area contributed by atoms with Gasteiger partial charge in [-0.15, -0.1) is 0 Å². The van der Waals surface area contributed by atoms with E-state index in [2.05, 4.69) is 5.90 Å². The zero-order valence-electron chi connectivity index (χ0n) is 4.24. The highest BCUT2D eigenvalue weighted by molar-refractivity contribution is 5.53. The van der Waals surface area contributed by atoms with Crippen molar-refractivity contribution in [3.05, 3.63) is 0 Å². The molecule has 11 N–H and O–H groups in total. The predicted octanol–water partition coefficient (Wildman–Crippen LogP) is -0.119. The van der Waals surface area contributed by atoms with Crippen molar-refractivity contribution in [2.75, 3.05) is 0 Å². The van der Waals surface area contributed by atoms with E-state index < -0.39 is 6.16 Å². The number of nitrogens with two attached hydrogens (primary N) is 1. The highest BCUT2D eigenvalue weighted by Gasteiger charge is 1.70. The second-order valence-electron chi connectivity index (χ2n) is 0.283. The molecule has 0 spiro atoms. The lowest BCUT2D eigenvalue weighted by Crippen LogP contribution is -1.81. The van der Waals surface area contributed by atoms with E-state index in [-0.39, 0.29) is 12.3 Å². The van der Waals surface area contributed by atoms with Crippen LogP contribution in [-0.2, 0) is 0 Å². The standard InChI is InChI=1S/CH2O3.H3NO.2H3N/c2-1(3)4;1-2;;/h(H2,2,3,4);2H,1H2;2*1H3. The van der Waals surface area contributed by atoms with E-state index in [4.69, 9.17) is 20.2 Å². The number of rotatable bonds is 0. The SMILES string of the molecule is N.N.NO.O=C(O)O. The minimum atomic E-state index is -1.83. The van der Waals surface area contributed by atoms with Crippen molar-refractivity contribution in [2.45, 2.75) is 0 Å². The Balaban J connectivity index is -0.0000000183. The minimum absolute atomic E-state index is 0. The Kier molecular flexibility index (Phi) is 123. The monoisotopic (exact) mass is 129 g/mol. The molecule has 0 aliphatic carbocycles. The number of hydrogen-bond acceptors (Lipinski definition) is 5. The highest BCUT2D eigenvalue weighted by Crippen LogP contribution is 1.42. The molecule has 0 saturated heterocycles. The van der Waals surface area contributed by atoms with Gasteiger partial charge in [-0.2, -0.15) is 0 Å². The van der Waals surface area contributed by atoms with Crippen molar-refractivity contribution in [2.24, 2.45) is 5.90 Å². The van der Waals surface area contributed by atoms with Gasteiger partial charge in [-0.05, 0) is 0 Å². The molecule has 0 unspecified atom stereocenters. The Hall–Kier alpha value is -0.890. The van der Waals surface area contributed by atoms with Crippen molar-refractivity contribution in [3.63, 3.8) is 0 Å². The molecular formula is CH11N3O4. The van der Waals surface area contributed by atoms with Crippen LogP contribution in [-0.4, -0.2) is 21.6 Å². The first-order valence-corrected chi connectivity index (χ1v) is 0.910. The topological polar surface area (TPSA) is 174 Å². The van der Waals surface area contributed by atoms with E-state index >= 15 is 0 Å². The molecule has 0 aromatic carbocycles. The maximum absolute atomic E-state index is 8.56. The second-order valence-corrected chi connectivity index (χ2v) is 0.283. The first kappa shape index (κ1) is 27.4. The first-order valence-electron chi connectivity index (χ1n) is 0.910. The summed E-state index contributed by atoms with van der Waals surface area (Å²) in [6, 6.07) is 0. The molecule has 8 heavy (non-hydrogen) atoms. The molecule has 7 heteroatoms. The summed E-state index contributed by atoms with van der Waals surface area (Å²) in [6.07, 6.45) is -1.83. The van der Waals surface area contributed by atoms with Gasteiger partial charge < -0.3 is 27.7 Å². The summed E-state index contributed by atoms with van der Waals surface area (Å²) in [5.74, 6) is 3.50. The molecule has 0 heterocycles. The van der Waals surface area contributed by atoms with Gasteiger partial charge >= 0.3 is 6.16 Å². The third-order valence-electron chi connectivity index (χ3n) is 0. The molecule has 0 fully saturated rings. The number of carbonyl (C=O) groups is 1. The fraction of sp³-hybridized carbons (Fsp3) is 0. The third kappa shape index (κ3) is 109. The summed E-state index contributed by atoms with van der Waals surface area (Å²) in [7, 11) is 0. The molecule has 0 aromatic rings. The van der Waals surface area contributed by atoms with E-state index in [0.717, 1.165) is 0 Å². The van der Waals surface area contributed by atoms with Crippen molar-refractivity contribution >= 4 is 6.16 Å². The van der Waals surface area contributed by atoms with Crippen LogP contribution >= 0.6 is 0 Å². The summed E-state index contributed by atoms with van der Waals surface area (Å²) < 4.78 is 0. The van der Waals surface area contributed by atoms with Gasteiger partial charge in [0, 0.05) is 0 Å². The van der Waals surface area contributed by atoms with Crippen LogP contribution in [0.2, 0.25) is 0 Å². The minimum Gasteiger partial charge on any atom is -0.450 e. The van der Waals surface area contributed by atoms with Crippen LogP contribution in [0.1, 0.15) is 0 Å². The van der Waals surface area contributed by atoms with Crippen LogP contribution in [0.5, 0.6) is 0 Å². The van der Waals surface area contributed by atoms with Crippen LogP contribution in [0.3, 0.4) is 0 Å². The van der Waals surface area contributed by atoms with Crippen molar-refractivity contribution in [3.8, 4) is 0 Å². The molecular weight excluding hydrogens is 118 g/mol. The quantitative estimate of drug-likeness (QED) is 0.247. The zero-order valence-corrected chi connectivity index (χ0v) is 4.24. The van der Waals surface area contributed by atoms with Crippen molar-refractivity contribution in [1.82, 2.24) is 12.3 Å². The maximum atomic E-state index is 8.56. The average Bonchev–Trinajstić information content (AvgIpc) is 1.41. The van der Waals surface area contributed by atoms with Crippen molar-refractivity contribution < 1.29 is 20.2 Å². The normalized spacial score (nSPS) is 3.75. The Labute approximate surface area is 45.9 Å². The Bertz CT molecular complexity index is 34.3. The molecule has 0 rings (SSSR count). The number of hydrogen-bond donors (Lipinski definition) is 6. The van der Waals surface area contributed by atoms with E-state index in [0.29, 0.717) is 0 Å². The lowest BCUT2D eigenvalue weighted by atomic mass is 11.5. The molecule has 0 atom stereocenters. The molecule has 0 aliphatic heterocycles. The van der Waals surface area contributed by atoms with E-state index in [1.807, 2.05) is 0 Å². The summed E-state index contributed by atoms with van der Waals surface area (Å²) in [4.78, 5) is 8.56. The zero-order chi connectivity index (χ0) is 5.58. The Morgan fingerprint density at radius 2 is 1.12 bits per heavy atom. The van der Waals surface area contributed by atoms with Gasteiger partial charge in [-0.1, -0.05) is 0 Å². The summed E-state index contributed by atoms with van der Waals surface area (Å²) in [5, 5.41) is 20.4. The molecule has 0 amide bonds. The van der Waals surface area contributed by atoms with Gasteiger partial charge in [0.2, 0.25) is 0 Å². The van der Waals surface area contributed by atoms with Crippen LogP contribution in [0.15, 0.2) is 0 Å². The Morgan fingerprint density at radius 3 is 1.12 bits per heavy atom. The fourth-order valence-corrected chi connectivity index (χ4v) is 0. The van der Waals surface area contributed by atoms with E-state index in [1.165, 1.54) is 0 Å². The third-order valence-corrected chi connectivity index (χ3v) is 0. The van der Waals surface area contributed by atoms with E-state index in [1.54, 1.807) is 0 Å². The van der Waals surface area contributed by atoms with Gasteiger partial charge in [0.15, 0.2) is 0 Å². The molecule has 54 valence electrons. The first-order chi connectivity index (χ1) is 2.73. The van der Waals surface area contributed by atoms with Gasteiger partial charge in [-0.3, -0.25) is 0 Å². The van der Waals surface area contributed by atoms with Crippen LogP contribution in [0, 0.1) is 0 Å². The molecule has 0 aromatic heterocycles. The maximum Gasteiger partial charge on any atom is 0.503 e. The largest absolute Gasteiger partial charge is 0.503 e. The van der Waals surface area contributed by atoms with Gasteiger partial charge in [0.25, 0.3) is 0 Å². The van der Waals surface area contributed by atoms with Crippen LogP contribution < -0.4 is 18.2 Å². The van der Waals surface area contributed by atoms with Gasteiger partial charge in [0.1, 0.15) is 0 Å². The highest BCUT2D eigenvalue weighted by atomic mass is 16.6. The average molecular weight is 129 g/mol. The molecule has 0 radical (unpaired) electrons. The number of carboxylic acid groups (broad SMARTS) is 2. The van der Waals surface area contributed by atoms with Gasteiger partial charge in [0.05, 0.1) is 0 Å². The summed E-state index contributed by atoms with van der Waals surface area (Å²) in [6.45, 7) is 0. The molecule has 0 aliphatic rings. The van der Waals surface area contributed by atoms with Crippen molar-refractivity contribution in [1.29, 1.82) is 0 Å². The van der Waals surface area contributed by atoms with Gasteiger partial charge in [-0.25, -0.2) is 10.7 Å². The molecule has 0 saturated carbocycles. The summed E-state index contributed by atoms with van der Waals surface area (Å²) in [5.41, 5.74) is 0. The summed E-state index contributed by atoms with van der Waals surface area (Å²) >= 11 is 0. The second kappa shape index (κ2) is 35.8. The van der Waals surface area contributed by atoms with E-state index in [9.17, 15) is 0 Å².